The molecule has 1 unspecified atom stereocenters. The van der Waals surface area contributed by atoms with Crippen LogP contribution in [0.5, 0.6) is 0 Å². The van der Waals surface area contributed by atoms with Gasteiger partial charge in [0.05, 0.1) is 18.3 Å². The lowest BCUT2D eigenvalue weighted by molar-refractivity contribution is -0.130. The van der Waals surface area contributed by atoms with E-state index < -0.39 is 0 Å². The smallest absolute Gasteiger partial charge is 0.237 e. The van der Waals surface area contributed by atoms with Crippen LogP contribution in [0.25, 0.3) is 11.5 Å². The van der Waals surface area contributed by atoms with Gasteiger partial charge in [0.1, 0.15) is 11.7 Å². The number of pyridine rings is 1. The fraction of sp³-hybridized carbons (Fsp3) is 0.444. The highest BCUT2D eigenvalue weighted by atomic mass is 16.2. The number of nitrogens with one attached hydrogen (secondary N) is 2. The van der Waals surface area contributed by atoms with Gasteiger partial charge in [-0.3, -0.25) is 9.78 Å². The molecule has 1 aliphatic heterocycles. The van der Waals surface area contributed by atoms with Crippen molar-refractivity contribution >= 4 is 5.91 Å². The van der Waals surface area contributed by atoms with Gasteiger partial charge in [-0.1, -0.05) is 6.07 Å². The number of amides is 1. The Labute approximate surface area is 147 Å². The molecular formula is C18H22N6O. The van der Waals surface area contributed by atoms with Crippen LogP contribution in [0, 0.1) is 18.3 Å². The zero-order chi connectivity index (χ0) is 17.6. The SMILES string of the molecule is Cc1[nH]c(-c2ccccn2)nc1CCNCC(=O)N1CCCC1C#N. The Morgan fingerprint density at radius 1 is 1.52 bits per heavy atom. The molecule has 0 spiro atoms. The van der Waals surface area contributed by atoms with E-state index in [2.05, 4.69) is 26.3 Å². The highest BCUT2D eigenvalue weighted by molar-refractivity contribution is 5.79. The molecule has 0 radical (unpaired) electrons. The van der Waals surface area contributed by atoms with Crippen LogP contribution >= 0.6 is 0 Å². The van der Waals surface area contributed by atoms with Crippen molar-refractivity contribution in [2.45, 2.75) is 32.2 Å². The summed E-state index contributed by atoms with van der Waals surface area (Å²) in [4.78, 5) is 26.0. The average Bonchev–Trinajstić information content (AvgIpc) is 3.26. The number of hydrogen-bond donors (Lipinski definition) is 2. The molecule has 25 heavy (non-hydrogen) atoms. The maximum Gasteiger partial charge on any atom is 0.237 e. The summed E-state index contributed by atoms with van der Waals surface area (Å²) in [6.45, 7) is 3.59. The van der Waals surface area contributed by atoms with E-state index in [1.54, 1.807) is 11.1 Å². The molecule has 2 N–H and O–H groups in total. The first-order valence-corrected chi connectivity index (χ1v) is 8.55. The summed E-state index contributed by atoms with van der Waals surface area (Å²) in [7, 11) is 0. The monoisotopic (exact) mass is 338 g/mol. The minimum atomic E-state index is -0.260. The van der Waals surface area contributed by atoms with Crippen molar-refractivity contribution in [2.75, 3.05) is 19.6 Å². The van der Waals surface area contributed by atoms with Crippen LogP contribution in [-0.4, -0.2) is 51.4 Å². The number of rotatable bonds is 6. The van der Waals surface area contributed by atoms with Crippen molar-refractivity contribution in [1.82, 2.24) is 25.2 Å². The number of nitrogens with zero attached hydrogens (tertiary/aromatic N) is 4. The van der Waals surface area contributed by atoms with E-state index in [1.165, 1.54) is 0 Å². The molecular weight excluding hydrogens is 316 g/mol. The van der Waals surface area contributed by atoms with E-state index in [0.29, 0.717) is 13.1 Å². The number of aryl methyl sites for hydroxylation is 1. The molecule has 7 heteroatoms. The second-order valence-corrected chi connectivity index (χ2v) is 6.17. The van der Waals surface area contributed by atoms with Gasteiger partial charge >= 0.3 is 0 Å². The first kappa shape index (κ1) is 17.1. The van der Waals surface area contributed by atoms with E-state index >= 15 is 0 Å². The Kier molecular flexibility index (Phi) is 5.41. The molecule has 2 aromatic heterocycles. The highest BCUT2D eigenvalue weighted by Crippen LogP contribution is 2.16. The Bertz CT molecular complexity index is 764. The van der Waals surface area contributed by atoms with Crippen LogP contribution in [0.1, 0.15) is 24.2 Å². The maximum atomic E-state index is 12.2. The summed E-state index contributed by atoms with van der Waals surface area (Å²) < 4.78 is 0. The van der Waals surface area contributed by atoms with Crippen molar-refractivity contribution in [2.24, 2.45) is 0 Å². The van der Waals surface area contributed by atoms with Crippen LogP contribution in [0.4, 0.5) is 0 Å². The van der Waals surface area contributed by atoms with Crippen LogP contribution in [0.3, 0.4) is 0 Å². The topological polar surface area (TPSA) is 97.7 Å². The molecule has 130 valence electrons. The lowest BCUT2D eigenvalue weighted by Crippen LogP contribution is -2.41. The minimum absolute atomic E-state index is 0.00280. The summed E-state index contributed by atoms with van der Waals surface area (Å²) in [5.41, 5.74) is 2.80. The second kappa shape index (κ2) is 7.90. The number of H-pyrrole nitrogens is 1. The molecule has 0 saturated carbocycles. The van der Waals surface area contributed by atoms with Gasteiger partial charge in [-0.2, -0.15) is 5.26 Å². The number of imidazole rings is 1. The van der Waals surface area contributed by atoms with Gasteiger partial charge in [-0.15, -0.1) is 0 Å². The van der Waals surface area contributed by atoms with E-state index in [0.717, 1.165) is 42.2 Å². The normalized spacial score (nSPS) is 16.8. The quantitative estimate of drug-likeness (QED) is 0.777. The lowest BCUT2D eigenvalue weighted by Gasteiger charge is -2.19. The summed E-state index contributed by atoms with van der Waals surface area (Å²) in [6, 6.07) is 7.65. The Morgan fingerprint density at radius 3 is 3.16 bits per heavy atom. The predicted octanol–water partition coefficient (Wildman–Crippen LogP) is 1.43. The van der Waals surface area contributed by atoms with Crippen molar-refractivity contribution in [3.63, 3.8) is 0 Å². The molecule has 2 aromatic rings. The second-order valence-electron chi connectivity index (χ2n) is 6.17. The number of carbonyl (C=O) groups excluding carboxylic acids is 1. The summed E-state index contributed by atoms with van der Waals surface area (Å²) in [6.07, 6.45) is 4.16. The number of hydrogen-bond acceptors (Lipinski definition) is 5. The molecule has 3 heterocycles. The number of aromatic amines is 1. The standard InChI is InChI=1S/C18H22N6O/c1-13-15(23-18(22-13)16-6-2-3-8-21-16)7-9-20-12-17(25)24-10-4-5-14(24)11-19/h2-3,6,8,14,20H,4-5,7,9-10,12H2,1H3,(H,22,23). The van der Waals surface area contributed by atoms with E-state index in [4.69, 9.17) is 5.26 Å². The molecule has 0 bridgehead atoms. The van der Waals surface area contributed by atoms with Gasteiger partial charge in [-0.25, -0.2) is 4.98 Å². The lowest BCUT2D eigenvalue weighted by atomic mass is 10.2. The molecule has 3 rings (SSSR count). The minimum Gasteiger partial charge on any atom is -0.341 e. The number of likely N-dealkylation sites (tertiary alicyclic amines) is 1. The van der Waals surface area contributed by atoms with Gasteiger partial charge < -0.3 is 15.2 Å². The van der Waals surface area contributed by atoms with Gasteiger partial charge in [0.2, 0.25) is 5.91 Å². The highest BCUT2D eigenvalue weighted by Gasteiger charge is 2.27. The summed E-state index contributed by atoms with van der Waals surface area (Å²) >= 11 is 0. The molecule has 1 amide bonds. The molecule has 1 aliphatic rings. The fourth-order valence-electron chi connectivity index (χ4n) is 3.07. The predicted molar refractivity (Wildman–Crippen MR) is 93.5 cm³/mol. The molecule has 0 aliphatic carbocycles. The fourth-order valence-corrected chi connectivity index (χ4v) is 3.07. The molecule has 7 nitrogen and oxygen atoms in total. The Hall–Kier alpha value is -2.72. The van der Waals surface area contributed by atoms with Crippen LogP contribution in [-0.2, 0) is 11.2 Å². The maximum absolute atomic E-state index is 12.2. The molecule has 1 atom stereocenters. The summed E-state index contributed by atoms with van der Waals surface area (Å²) in [5.74, 6) is 0.759. The Balaban J connectivity index is 1.49. The third-order valence-electron chi connectivity index (χ3n) is 4.43. The van der Waals surface area contributed by atoms with Crippen LogP contribution in [0.15, 0.2) is 24.4 Å². The zero-order valence-electron chi connectivity index (χ0n) is 14.3. The number of carbonyl (C=O) groups is 1. The average molecular weight is 338 g/mol. The molecule has 1 fully saturated rings. The van der Waals surface area contributed by atoms with E-state index in [1.807, 2.05) is 25.1 Å². The van der Waals surface area contributed by atoms with Gasteiger partial charge in [0.15, 0.2) is 5.82 Å². The van der Waals surface area contributed by atoms with Crippen molar-refractivity contribution in [3.05, 3.63) is 35.8 Å². The molecule has 1 saturated heterocycles. The van der Waals surface area contributed by atoms with Crippen molar-refractivity contribution in [3.8, 4) is 17.6 Å². The third kappa shape index (κ3) is 4.03. The van der Waals surface area contributed by atoms with Crippen LogP contribution < -0.4 is 5.32 Å². The van der Waals surface area contributed by atoms with Gasteiger partial charge in [-0.05, 0) is 31.9 Å². The Morgan fingerprint density at radius 2 is 2.40 bits per heavy atom. The largest absolute Gasteiger partial charge is 0.341 e. The van der Waals surface area contributed by atoms with Crippen LogP contribution in [0.2, 0.25) is 0 Å². The van der Waals surface area contributed by atoms with E-state index in [-0.39, 0.29) is 18.5 Å². The third-order valence-corrected chi connectivity index (χ3v) is 4.43. The molecule has 0 aromatic carbocycles. The van der Waals surface area contributed by atoms with Crippen molar-refractivity contribution in [1.29, 1.82) is 5.26 Å². The number of nitriles is 1. The number of aromatic nitrogens is 3. The first-order chi connectivity index (χ1) is 12.2. The van der Waals surface area contributed by atoms with E-state index in [9.17, 15) is 4.79 Å². The summed E-state index contributed by atoms with van der Waals surface area (Å²) in [5, 5.41) is 12.2. The van der Waals surface area contributed by atoms with Gasteiger partial charge in [0, 0.05) is 31.4 Å². The van der Waals surface area contributed by atoms with Gasteiger partial charge in [0.25, 0.3) is 0 Å². The van der Waals surface area contributed by atoms with Crippen molar-refractivity contribution < 1.29 is 4.79 Å². The zero-order valence-corrected chi connectivity index (χ0v) is 14.3. The first-order valence-electron chi connectivity index (χ1n) is 8.55.